The first-order chi connectivity index (χ1) is 13.4. The minimum Gasteiger partial charge on any atom is -0.497 e. The number of oxazole rings is 1. The third-order valence-electron chi connectivity index (χ3n) is 3.90. The van der Waals surface area contributed by atoms with Crippen molar-refractivity contribution in [1.82, 2.24) is 15.5 Å². The van der Waals surface area contributed by atoms with Gasteiger partial charge in [0.05, 0.1) is 25.8 Å². The quantitative estimate of drug-likeness (QED) is 0.641. The van der Waals surface area contributed by atoms with Gasteiger partial charge in [0.2, 0.25) is 17.7 Å². The number of rotatable bonds is 7. The fourth-order valence-electron chi connectivity index (χ4n) is 2.45. The summed E-state index contributed by atoms with van der Waals surface area (Å²) in [6.07, 6.45) is 0.00182. The fourth-order valence-corrected chi connectivity index (χ4v) is 2.45. The minimum atomic E-state index is -0.405. The Hall–Kier alpha value is -3.62. The molecule has 28 heavy (non-hydrogen) atoms. The lowest BCUT2D eigenvalue weighted by Gasteiger charge is -2.04. The van der Waals surface area contributed by atoms with Crippen molar-refractivity contribution in [2.45, 2.75) is 20.3 Å². The molecule has 0 bridgehead atoms. The van der Waals surface area contributed by atoms with Crippen LogP contribution in [-0.2, 0) is 16.0 Å². The molecule has 0 radical (unpaired) electrons. The highest BCUT2D eigenvalue weighted by molar-refractivity contribution is 5.94. The van der Waals surface area contributed by atoms with Crippen LogP contribution >= 0.6 is 0 Å². The molecule has 0 aliphatic carbocycles. The van der Waals surface area contributed by atoms with Crippen LogP contribution < -0.4 is 15.4 Å². The fraction of sp³-hybridized carbons (Fsp3) is 0.263. The van der Waals surface area contributed by atoms with Crippen LogP contribution in [-0.4, -0.2) is 35.6 Å². The number of ether oxygens (including phenoxy) is 1. The molecule has 0 fully saturated rings. The predicted molar refractivity (Wildman–Crippen MR) is 99.8 cm³/mol. The second-order valence-electron chi connectivity index (χ2n) is 6.07. The van der Waals surface area contributed by atoms with E-state index >= 15 is 0 Å². The van der Waals surface area contributed by atoms with E-state index in [1.165, 1.54) is 0 Å². The van der Waals surface area contributed by atoms with Crippen molar-refractivity contribution in [2.75, 3.05) is 19.0 Å². The molecule has 1 aromatic carbocycles. The lowest BCUT2D eigenvalue weighted by atomic mass is 10.2. The van der Waals surface area contributed by atoms with Gasteiger partial charge in [-0.1, -0.05) is 5.16 Å². The molecule has 2 N–H and O–H groups in total. The number of nitrogens with zero attached hydrogens (tertiary/aromatic N) is 2. The Morgan fingerprint density at radius 2 is 1.89 bits per heavy atom. The Balaban J connectivity index is 1.55. The molecule has 0 saturated heterocycles. The molecule has 0 spiro atoms. The Kier molecular flexibility index (Phi) is 5.73. The van der Waals surface area contributed by atoms with E-state index in [-0.39, 0.29) is 18.9 Å². The zero-order chi connectivity index (χ0) is 20.1. The van der Waals surface area contributed by atoms with Crippen molar-refractivity contribution in [1.29, 1.82) is 0 Å². The third kappa shape index (κ3) is 4.76. The Labute approximate surface area is 161 Å². The summed E-state index contributed by atoms with van der Waals surface area (Å²) in [4.78, 5) is 28.3. The number of hydrogen-bond acceptors (Lipinski definition) is 7. The van der Waals surface area contributed by atoms with E-state index < -0.39 is 5.91 Å². The van der Waals surface area contributed by atoms with E-state index in [1.54, 1.807) is 39.2 Å². The van der Waals surface area contributed by atoms with Crippen LogP contribution in [0, 0.1) is 13.8 Å². The highest BCUT2D eigenvalue weighted by Gasteiger charge is 2.16. The van der Waals surface area contributed by atoms with Crippen molar-refractivity contribution in [3.8, 4) is 17.2 Å². The standard InChI is InChI=1S/C19H20N4O5/c1-11-8-16(23-28-11)22-18(25)10-20-17(24)9-15-12(2)27-19(21-15)13-4-6-14(26-3)7-5-13/h4-8H,9-10H2,1-3H3,(H,20,24)(H,22,23,25). The number of carbonyl (C=O) groups is 2. The van der Waals surface area contributed by atoms with Gasteiger partial charge in [-0.2, -0.15) is 0 Å². The molecule has 0 aliphatic heterocycles. The monoisotopic (exact) mass is 384 g/mol. The maximum atomic E-state index is 12.1. The van der Waals surface area contributed by atoms with Crippen LogP contribution in [0.4, 0.5) is 5.82 Å². The smallest absolute Gasteiger partial charge is 0.245 e. The van der Waals surface area contributed by atoms with E-state index in [9.17, 15) is 9.59 Å². The maximum absolute atomic E-state index is 12.1. The topological polar surface area (TPSA) is 119 Å². The predicted octanol–water partition coefficient (Wildman–Crippen LogP) is 2.25. The molecule has 2 amide bonds. The van der Waals surface area contributed by atoms with Gasteiger partial charge in [-0.15, -0.1) is 0 Å². The zero-order valence-corrected chi connectivity index (χ0v) is 15.7. The molecule has 0 saturated carbocycles. The first-order valence-electron chi connectivity index (χ1n) is 8.55. The molecule has 2 heterocycles. The summed E-state index contributed by atoms with van der Waals surface area (Å²) in [6.45, 7) is 3.26. The van der Waals surface area contributed by atoms with Crippen LogP contribution in [0.1, 0.15) is 17.2 Å². The van der Waals surface area contributed by atoms with E-state index in [2.05, 4.69) is 20.8 Å². The van der Waals surface area contributed by atoms with Gasteiger partial charge in [0, 0.05) is 11.6 Å². The van der Waals surface area contributed by atoms with Gasteiger partial charge in [0.25, 0.3) is 0 Å². The van der Waals surface area contributed by atoms with Crippen molar-refractivity contribution < 1.29 is 23.3 Å². The number of aryl methyl sites for hydroxylation is 2. The summed E-state index contributed by atoms with van der Waals surface area (Å²) in [5, 5.41) is 8.72. The number of hydrogen-bond donors (Lipinski definition) is 2. The molecule has 3 rings (SSSR count). The lowest BCUT2D eigenvalue weighted by Crippen LogP contribution is -2.34. The molecule has 9 heteroatoms. The van der Waals surface area contributed by atoms with Gasteiger partial charge in [-0.05, 0) is 38.1 Å². The van der Waals surface area contributed by atoms with Crippen molar-refractivity contribution in [3.05, 3.63) is 47.5 Å². The van der Waals surface area contributed by atoms with Crippen LogP contribution in [0.15, 0.2) is 39.3 Å². The molecule has 3 aromatic rings. The zero-order valence-electron chi connectivity index (χ0n) is 15.7. The molecular weight excluding hydrogens is 364 g/mol. The third-order valence-corrected chi connectivity index (χ3v) is 3.90. The Morgan fingerprint density at radius 3 is 2.54 bits per heavy atom. The van der Waals surface area contributed by atoms with E-state index in [4.69, 9.17) is 13.7 Å². The van der Waals surface area contributed by atoms with Crippen LogP contribution in [0.2, 0.25) is 0 Å². The van der Waals surface area contributed by atoms with Crippen LogP contribution in [0.25, 0.3) is 11.5 Å². The summed E-state index contributed by atoms with van der Waals surface area (Å²) in [5.74, 6) is 1.82. The molecule has 2 aromatic heterocycles. The highest BCUT2D eigenvalue weighted by Crippen LogP contribution is 2.24. The van der Waals surface area contributed by atoms with Crippen LogP contribution in [0.5, 0.6) is 5.75 Å². The number of aromatic nitrogens is 2. The Morgan fingerprint density at radius 1 is 1.14 bits per heavy atom. The van der Waals surface area contributed by atoms with E-state index in [0.717, 1.165) is 11.3 Å². The second kappa shape index (κ2) is 8.38. The largest absolute Gasteiger partial charge is 0.497 e. The lowest BCUT2D eigenvalue weighted by molar-refractivity contribution is -0.123. The molecule has 146 valence electrons. The van der Waals surface area contributed by atoms with Gasteiger partial charge in [0.15, 0.2) is 5.82 Å². The number of methoxy groups -OCH3 is 1. The number of nitrogens with one attached hydrogen (secondary N) is 2. The van der Waals surface area contributed by atoms with Crippen molar-refractivity contribution >= 4 is 17.6 Å². The highest BCUT2D eigenvalue weighted by atomic mass is 16.5. The van der Waals surface area contributed by atoms with Gasteiger partial charge >= 0.3 is 0 Å². The Bertz CT molecular complexity index is 975. The summed E-state index contributed by atoms with van der Waals surface area (Å²) < 4.78 is 15.6. The van der Waals surface area contributed by atoms with E-state index in [1.807, 2.05) is 12.1 Å². The summed E-state index contributed by atoms with van der Waals surface area (Å²) >= 11 is 0. The average Bonchev–Trinajstić information content (AvgIpc) is 3.25. The van der Waals surface area contributed by atoms with Gasteiger partial charge in [-0.3, -0.25) is 9.59 Å². The number of carbonyl (C=O) groups excluding carboxylic acids is 2. The molecule has 0 aliphatic rings. The first kappa shape index (κ1) is 19.2. The number of amides is 2. The van der Waals surface area contributed by atoms with Gasteiger partial charge < -0.3 is 24.3 Å². The van der Waals surface area contributed by atoms with E-state index in [0.29, 0.717) is 28.9 Å². The van der Waals surface area contributed by atoms with Gasteiger partial charge in [0.1, 0.15) is 17.3 Å². The minimum absolute atomic E-state index is 0.00182. The first-order valence-corrected chi connectivity index (χ1v) is 8.55. The molecule has 9 nitrogen and oxygen atoms in total. The molecule has 0 atom stereocenters. The summed E-state index contributed by atoms with van der Waals surface area (Å²) in [7, 11) is 1.59. The van der Waals surface area contributed by atoms with Crippen molar-refractivity contribution in [3.63, 3.8) is 0 Å². The van der Waals surface area contributed by atoms with Crippen molar-refractivity contribution in [2.24, 2.45) is 0 Å². The second-order valence-corrected chi connectivity index (χ2v) is 6.07. The SMILES string of the molecule is COc1ccc(-c2nc(CC(=O)NCC(=O)Nc3cc(C)on3)c(C)o2)cc1. The van der Waals surface area contributed by atoms with Crippen LogP contribution in [0.3, 0.4) is 0 Å². The maximum Gasteiger partial charge on any atom is 0.245 e. The molecule has 0 unspecified atom stereocenters. The summed E-state index contributed by atoms with van der Waals surface area (Å²) in [5.41, 5.74) is 1.29. The number of benzene rings is 1. The number of anilines is 1. The average molecular weight is 384 g/mol. The normalized spacial score (nSPS) is 10.5. The van der Waals surface area contributed by atoms with Gasteiger partial charge in [-0.25, -0.2) is 4.98 Å². The summed E-state index contributed by atoms with van der Waals surface area (Å²) in [6, 6.07) is 8.83. The molecular formula is C19H20N4O5.